The maximum absolute atomic E-state index is 12.7. The molecule has 9 nitrogen and oxygen atoms in total. The third-order valence-electron chi connectivity index (χ3n) is 5.03. The Balaban J connectivity index is 1.65. The number of nitrogens with one attached hydrogen (secondary N) is 2. The zero-order chi connectivity index (χ0) is 19.6. The van der Waals surface area contributed by atoms with Gasteiger partial charge in [-0.25, -0.2) is 9.97 Å². The van der Waals surface area contributed by atoms with Crippen LogP contribution in [0.25, 0.3) is 0 Å². The second-order valence-corrected chi connectivity index (χ2v) is 7.21. The molecule has 1 aromatic heterocycles. The molecule has 0 bridgehead atoms. The highest BCUT2D eigenvalue weighted by Gasteiger charge is 2.36. The lowest BCUT2D eigenvalue weighted by Gasteiger charge is -2.36. The summed E-state index contributed by atoms with van der Waals surface area (Å²) in [5.74, 6) is -0.466. The maximum Gasteiger partial charge on any atom is 0.270 e. The van der Waals surface area contributed by atoms with Gasteiger partial charge in [0.2, 0.25) is 11.8 Å². The van der Waals surface area contributed by atoms with Gasteiger partial charge in [-0.2, -0.15) is 0 Å². The molecular formula is C18H25N5O4. The molecule has 3 rings (SSSR count). The quantitative estimate of drug-likeness (QED) is 0.642. The van der Waals surface area contributed by atoms with Crippen molar-refractivity contribution in [1.82, 2.24) is 25.5 Å². The highest BCUT2D eigenvalue weighted by molar-refractivity contribution is 5.92. The van der Waals surface area contributed by atoms with Crippen molar-refractivity contribution in [1.29, 1.82) is 0 Å². The van der Waals surface area contributed by atoms with E-state index in [-0.39, 0.29) is 30.0 Å². The number of nitrogens with zero attached hydrogens (tertiary/aromatic N) is 3. The zero-order valence-electron chi connectivity index (χ0n) is 15.6. The van der Waals surface area contributed by atoms with Crippen LogP contribution < -0.4 is 10.6 Å². The van der Waals surface area contributed by atoms with Gasteiger partial charge in [0.25, 0.3) is 5.91 Å². The Hall–Kier alpha value is -2.55. The zero-order valence-corrected chi connectivity index (χ0v) is 15.6. The molecule has 9 heteroatoms. The smallest absolute Gasteiger partial charge is 0.270 e. The Morgan fingerprint density at radius 2 is 2.07 bits per heavy atom. The molecule has 27 heavy (non-hydrogen) atoms. The van der Waals surface area contributed by atoms with Crippen LogP contribution in [0, 0.1) is 19.8 Å². The third-order valence-corrected chi connectivity index (χ3v) is 5.03. The van der Waals surface area contributed by atoms with E-state index in [0.717, 1.165) is 0 Å². The minimum absolute atomic E-state index is 0.0639. The number of carbonyl (C=O) groups excluding carboxylic acids is 3. The fraction of sp³-hybridized carbons (Fsp3) is 0.611. The Kier molecular flexibility index (Phi) is 5.69. The largest absolute Gasteiger partial charge is 0.391 e. The molecule has 1 saturated carbocycles. The summed E-state index contributed by atoms with van der Waals surface area (Å²) in [6.45, 7) is 4.49. The lowest BCUT2D eigenvalue weighted by atomic mass is 9.82. The van der Waals surface area contributed by atoms with E-state index >= 15 is 0 Å². The van der Waals surface area contributed by atoms with Crippen molar-refractivity contribution in [2.24, 2.45) is 5.92 Å². The highest BCUT2D eigenvalue weighted by atomic mass is 16.3. The topological polar surface area (TPSA) is 125 Å². The molecule has 0 unspecified atom stereocenters. The second-order valence-electron chi connectivity index (χ2n) is 7.21. The number of carbonyl (C=O) groups is 3. The van der Waals surface area contributed by atoms with E-state index in [9.17, 15) is 19.5 Å². The number of aromatic nitrogens is 2. The number of rotatable bonds is 3. The van der Waals surface area contributed by atoms with Crippen molar-refractivity contribution < 1.29 is 19.5 Å². The minimum atomic E-state index is -0.716. The molecule has 3 amide bonds. The van der Waals surface area contributed by atoms with Crippen molar-refractivity contribution in [2.45, 2.75) is 45.3 Å². The molecule has 146 valence electrons. The van der Waals surface area contributed by atoms with Crippen LogP contribution in [0.4, 0.5) is 0 Å². The number of hydrogen-bond acceptors (Lipinski definition) is 6. The van der Waals surface area contributed by atoms with Crippen LogP contribution in [0.15, 0.2) is 6.07 Å². The Morgan fingerprint density at radius 3 is 2.78 bits per heavy atom. The lowest BCUT2D eigenvalue weighted by molar-refractivity contribution is -0.143. The second kappa shape index (κ2) is 7.99. The standard InChI is InChI=1S/C18H25N5O4/c1-10-7-14(21-11(2)20-10)17(26)22-13-8-12(3-4-15(13)24)18(27)23-6-5-19-16(25)9-23/h7,12-13,15,24H,3-6,8-9H2,1-2H3,(H,19,25)(H,22,26)/t12-,13+,15+/m0/s1. The first-order chi connectivity index (χ1) is 12.8. The van der Waals surface area contributed by atoms with Crippen molar-refractivity contribution in [3.8, 4) is 0 Å². The molecule has 0 spiro atoms. The highest BCUT2D eigenvalue weighted by Crippen LogP contribution is 2.27. The summed E-state index contributed by atoms with van der Waals surface area (Å²) >= 11 is 0. The van der Waals surface area contributed by atoms with E-state index in [1.165, 1.54) is 0 Å². The minimum Gasteiger partial charge on any atom is -0.391 e. The lowest BCUT2D eigenvalue weighted by Crippen LogP contribution is -2.54. The van der Waals surface area contributed by atoms with Crippen LogP contribution in [-0.2, 0) is 9.59 Å². The number of aliphatic hydroxyl groups excluding tert-OH is 1. The predicted molar refractivity (Wildman–Crippen MR) is 95.7 cm³/mol. The molecular weight excluding hydrogens is 350 g/mol. The molecule has 1 aliphatic carbocycles. The summed E-state index contributed by atoms with van der Waals surface area (Å²) in [6, 6.07) is 1.06. The summed E-state index contributed by atoms with van der Waals surface area (Å²) < 4.78 is 0. The molecule has 2 fully saturated rings. The average Bonchev–Trinajstić information content (AvgIpc) is 2.62. The van der Waals surface area contributed by atoms with E-state index in [2.05, 4.69) is 20.6 Å². The fourth-order valence-corrected chi connectivity index (χ4v) is 3.69. The van der Waals surface area contributed by atoms with Gasteiger partial charge in [-0.15, -0.1) is 0 Å². The van der Waals surface area contributed by atoms with Gasteiger partial charge in [0.05, 0.1) is 18.7 Å². The third kappa shape index (κ3) is 4.60. The summed E-state index contributed by atoms with van der Waals surface area (Å²) in [5.41, 5.74) is 0.932. The number of piperazine rings is 1. The summed E-state index contributed by atoms with van der Waals surface area (Å²) in [4.78, 5) is 46.6. The van der Waals surface area contributed by atoms with E-state index < -0.39 is 18.1 Å². The van der Waals surface area contributed by atoms with Crippen molar-refractivity contribution in [3.63, 3.8) is 0 Å². The van der Waals surface area contributed by atoms with Gasteiger partial charge in [-0.05, 0) is 39.2 Å². The van der Waals surface area contributed by atoms with Crippen LogP contribution in [0.2, 0.25) is 0 Å². The van der Waals surface area contributed by atoms with Crippen LogP contribution in [0.1, 0.15) is 41.3 Å². The maximum atomic E-state index is 12.7. The van der Waals surface area contributed by atoms with Crippen LogP contribution in [0.3, 0.4) is 0 Å². The molecule has 2 heterocycles. The Bertz CT molecular complexity index is 733. The van der Waals surface area contributed by atoms with Crippen LogP contribution >= 0.6 is 0 Å². The van der Waals surface area contributed by atoms with Gasteiger partial charge in [0.1, 0.15) is 11.5 Å². The number of amides is 3. The van der Waals surface area contributed by atoms with Crippen molar-refractivity contribution >= 4 is 17.7 Å². The summed E-state index contributed by atoms with van der Waals surface area (Å²) in [5, 5.41) is 15.8. The van der Waals surface area contributed by atoms with Gasteiger partial charge in [0, 0.05) is 24.7 Å². The van der Waals surface area contributed by atoms with E-state index in [4.69, 9.17) is 0 Å². The van der Waals surface area contributed by atoms with Crippen molar-refractivity contribution in [3.05, 3.63) is 23.3 Å². The van der Waals surface area contributed by atoms with Crippen molar-refractivity contribution in [2.75, 3.05) is 19.6 Å². The van der Waals surface area contributed by atoms with E-state index in [1.54, 1.807) is 24.8 Å². The van der Waals surface area contributed by atoms with Crippen LogP contribution in [0.5, 0.6) is 0 Å². The van der Waals surface area contributed by atoms with Gasteiger partial charge >= 0.3 is 0 Å². The normalized spacial score (nSPS) is 25.7. The molecule has 3 N–H and O–H groups in total. The fourth-order valence-electron chi connectivity index (χ4n) is 3.69. The Labute approximate surface area is 157 Å². The van der Waals surface area contributed by atoms with Gasteiger partial charge in [0.15, 0.2) is 0 Å². The molecule has 3 atom stereocenters. The number of aryl methyl sites for hydroxylation is 2. The monoisotopic (exact) mass is 375 g/mol. The first kappa shape index (κ1) is 19.2. The molecule has 1 aliphatic heterocycles. The summed E-state index contributed by atoms with van der Waals surface area (Å²) in [6.07, 6.45) is 0.582. The first-order valence-electron chi connectivity index (χ1n) is 9.20. The molecule has 2 aliphatic rings. The molecule has 0 radical (unpaired) electrons. The van der Waals surface area contributed by atoms with Crippen LogP contribution in [-0.4, -0.2) is 69.5 Å². The number of hydrogen-bond donors (Lipinski definition) is 3. The SMILES string of the molecule is Cc1cc(C(=O)N[C@@H]2C[C@@H](C(=O)N3CCNC(=O)C3)CC[C@H]2O)nc(C)n1. The molecule has 1 aromatic rings. The Morgan fingerprint density at radius 1 is 1.30 bits per heavy atom. The summed E-state index contributed by atoms with van der Waals surface area (Å²) in [7, 11) is 0. The van der Waals surface area contributed by atoms with Gasteiger partial charge in [-0.1, -0.05) is 0 Å². The number of aliphatic hydroxyl groups is 1. The first-order valence-corrected chi connectivity index (χ1v) is 9.20. The predicted octanol–water partition coefficient (Wildman–Crippen LogP) is -0.689. The van der Waals surface area contributed by atoms with E-state index in [0.29, 0.717) is 43.9 Å². The molecule has 0 aromatic carbocycles. The van der Waals surface area contributed by atoms with Gasteiger partial charge < -0.3 is 20.6 Å². The average molecular weight is 375 g/mol. The van der Waals surface area contributed by atoms with E-state index in [1.807, 2.05) is 0 Å². The van der Waals surface area contributed by atoms with Gasteiger partial charge in [-0.3, -0.25) is 14.4 Å². The molecule has 1 saturated heterocycles.